The molecule has 0 aliphatic rings. The van der Waals surface area contributed by atoms with Crippen molar-refractivity contribution in [3.8, 4) is 69.9 Å². The van der Waals surface area contributed by atoms with E-state index in [0.29, 0.717) is 34.9 Å². The molecule has 18 aromatic rings. The van der Waals surface area contributed by atoms with Crippen molar-refractivity contribution in [2.24, 2.45) is 42.3 Å². The van der Waals surface area contributed by atoms with Crippen molar-refractivity contribution in [3.05, 3.63) is 256 Å². The Bertz CT molecular complexity index is 5140. The van der Waals surface area contributed by atoms with E-state index in [2.05, 4.69) is 89.7 Å². The first kappa shape index (κ1) is 93.3. The standard InChI is InChI=1S/6C12H10N4.4ClHO4.2Fe/c6*1-16-10-6-3-2-5-9(10)15-12(16)11-13-7-4-8-14-11;4*2-1(3,4)5;;/h6*2-8H,1H3;4*(H,2,3,4,5);;/q;;;;;;;;;;2*+2/p-4. The van der Waals surface area contributed by atoms with Crippen LogP contribution in [0.4, 0.5) is 0 Å². The number of nitrogens with zero attached hydrogens (tertiary/aromatic N) is 24. The van der Waals surface area contributed by atoms with Gasteiger partial charge in [-0.2, -0.15) is 0 Å². The van der Waals surface area contributed by atoms with Crippen molar-refractivity contribution in [3.63, 3.8) is 0 Å². The number of imidazole rings is 6. The third-order valence-corrected chi connectivity index (χ3v) is 15.3. The average Bonchev–Trinajstić information content (AvgIpc) is 1.69. The Morgan fingerprint density at radius 2 is 0.280 bits per heavy atom. The minimum absolute atomic E-state index is 0. The van der Waals surface area contributed by atoms with Crippen molar-refractivity contribution in [2.45, 2.75) is 0 Å². The summed E-state index contributed by atoms with van der Waals surface area (Å²) in [6, 6.07) is 58.8. The summed E-state index contributed by atoms with van der Waals surface area (Å²) in [5.74, 6) is 8.68. The summed E-state index contributed by atoms with van der Waals surface area (Å²) in [4.78, 5) is 77.7. The molecular weight excluding hydrogens is 1710 g/mol. The third kappa shape index (κ3) is 28.2. The van der Waals surface area contributed by atoms with Crippen molar-refractivity contribution in [1.82, 2.24) is 117 Å². The Morgan fingerprint density at radius 1 is 0.178 bits per heavy atom. The van der Waals surface area contributed by atoms with Gasteiger partial charge >= 0.3 is 34.1 Å². The van der Waals surface area contributed by atoms with E-state index in [-0.39, 0.29) is 34.1 Å². The van der Waals surface area contributed by atoms with Crippen LogP contribution in [-0.2, 0) is 76.4 Å². The van der Waals surface area contributed by atoms with Gasteiger partial charge in [-0.3, -0.25) is 0 Å². The van der Waals surface area contributed by atoms with Crippen LogP contribution in [0, 0.1) is 41.0 Å². The fraction of sp³-hybridized carbons (Fsp3) is 0.0833. The predicted octanol–water partition coefficient (Wildman–Crippen LogP) is -6.85. The number of halogens is 4. The third-order valence-electron chi connectivity index (χ3n) is 15.3. The van der Waals surface area contributed by atoms with Crippen LogP contribution in [0.15, 0.2) is 256 Å². The van der Waals surface area contributed by atoms with Gasteiger partial charge < -0.3 is 27.4 Å². The summed E-state index contributed by atoms with van der Waals surface area (Å²) in [5, 5.41) is 0. The number of aryl methyl sites for hydroxylation is 6. The molecule has 6 aromatic carbocycles. The minimum Gasteiger partial charge on any atom is -0.324 e. The van der Waals surface area contributed by atoms with E-state index >= 15 is 0 Å². The van der Waals surface area contributed by atoms with Crippen molar-refractivity contribution in [2.75, 3.05) is 0 Å². The molecule has 0 aliphatic heterocycles. The molecule has 0 aliphatic carbocycles. The fourth-order valence-electron chi connectivity index (χ4n) is 10.6. The molecule has 0 amide bonds. The molecule has 0 atom stereocenters. The van der Waals surface area contributed by atoms with Gasteiger partial charge in [-0.15, -0.1) is 41.0 Å². The van der Waals surface area contributed by atoms with Crippen LogP contribution in [0.2, 0.25) is 0 Å². The number of hydrogen-bond donors (Lipinski definition) is 0. The largest absolute Gasteiger partial charge is 2.00 e. The van der Waals surface area contributed by atoms with Crippen LogP contribution in [0.5, 0.6) is 0 Å². The number of aromatic nitrogens is 24. The van der Waals surface area contributed by atoms with Gasteiger partial charge in [-0.25, -0.2) is 164 Å². The van der Waals surface area contributed by atoms with Gasteiger partial charge in [0.2, 0.25) is 0 Å². The Morgan fingerprint density at radius 3 is 0.381 bits per heavy atom. The van der Waals surface area contributed by atoms with Crippen molar-refractivity contribution in [1.29, 1.82) is 0 Å². The van der Waals surface area contributed by atoms with E-state index in [1.54, 1.807) is 111 Å². The number of benzene rings is 6. The van der Waals surface area contributed by atoms with Crippen LogP contribution in [0.1, 0.15) is 0 Å². The zero-order chi connectivity index (χ0) is 83.7. The van der Waals surface area contributed by atoms with Crippen LogP contribution in [0.25, 0.3) is 136 Å². The van der Waals surface area contributed by atoms with Crippen molar-refractivity contribution < 1.29 is 150 Å². The number of rotatable bonds is 6. The Hall–Kier alpha value is -11.8. The Labute approximate surface area is 697 Å². The monoisotopic (exact) mass is 1770 g/mol. The number of para-hydroxylation sites is 12. The maximum absolute atomic E-state index is 8.49. The molecule has 0 N–H and O–H groups in total. The smallest absolute Gasteiger partial charge is 0.324 e. The Kier molecular flexibility index (Phi) is 34.3. The second kappa shape index (κ2) is 43.4. The fourth-order valence-corrected chi connectivity index (χ4v) is 10.6. The molecule has 40 nitrogen and oxygen atoms in total. The zero-order valence-corrected chi connectivity index (χ0v) is 67.0. The summed E-state index contributed by atoms with van der Waals surface area (Å²) >= 11 is 0. The topological polar surface area (TPSA) is 631 Å². The van der Waals surface area contributed by atoms with Gasteiger partial charge in [0.15, 0.2) is 69.9 Å². The maximum Gasteiger partial charge on any atom is 2.00 e. The molecule has 0 unspecified atom stereocenters. The van der Waals surface area contributed by atoms with Crippen LogP contribution >= 0.6 is 0 Å². The second-order valence-electron chi connectivity index (χ2n) is 22.8. The maximum atomic E-state index is 8.49. The van der Waals surface area contributed by atoms with Gasteiger partial charge in [0.1, 0.15) is 0 Å². The number of fused-ring (bicyclic) bond motifs is 6. The molecule has 0 fully saturated rings. The summed E-state index contributed by atoms with van der Waals surface area (Å²) in [5.41, 5.74) is 12.3. The van der Waals surface area contributed by atoms with Gasteiger partial charge in [-0.05, 0) is 109 Å². The first-order valence-corrected chi connectivity index (χ1v) is 37.7. The molecule has 18 rings (SSSR count). The Balaban J connectivity index is 0.000000186. The molecule has 0 bridgehead atoms. The summed E-state index contributed by atoms with van der Waals surface area (Å²) in [6.45, 7) is 0. The van der Waals surface area contributed by atoms with Crippen LogP contribution in [0.3, 0.4) is 0 Å². The van der Waals surface area contributed by atoms with E-state index in [9.17, 15) is 0 Å². The van der Waals surface area contributed by atoms with Crippen molar-refractivity contribution >= 4 is 66.2 Å². The molecule has 118 heavy (non-hydrogen) atoms. The average molecular weight is 1770 g/mol. The first-order chi connectivity index (χ1) is 55.2. The van der Waals surface area contributed by atoms with Gasteiger partial charge in [-0.1, -0.05) is 72.8 Å². The van der Waals surface area contributed by atoms with Gasteiger partial charge in [0.25, 0.3) is 0 Å². The molecular formula is C72H60Cl4Fe2N24O16. The van der Waals surface area contributed by atoms with Gasteiger partial charge in [0, 0.05) is 117 Å². The quantitative estimate of drug-likeness (QED) is 0.140. The zero-order valence-electron chi connectivity index (χ0n) is 61.7. The molecule has 608 valence electrons. The summed E-state index contributed by atoms with van der Waals surface area (Å²) in [7, 11) is -7.94. The normalized spacial score (nSPS) is 10.8. The molecule has 0 radical (unpaired) electrons. The van der Waals surface area contributed by atoms with Gasteiger partial charge in [0.05, 0.1) is 66.2 Å². The van der Waals surface area contributed by atoms with E-state index in [1.807, 2.05) is 215 Å². The van der Waals surface area contributed by atoms with Crippen LogP contribution in [-0.4, -0.2) is 117 Å². The second-order valence-corrected chi connectivity index (χ2v) is 25.9. The molecule has 12 aromatic heterocycles. The predicted molar refractivity (Wildman–Crippen MR) is 370 cm³/mol. The van der Waals surface area contributed by atoms with E-state index in [0.717, 1.165) is 101 Å². The molecule has 0 saturated carbocycles. The minimum atomic E-state index is -4.94. The summed E-state index contributed by atoms with van der Waals surface area (Å²) < 4.78 is 148. The molecule has 12 heterocycles. The summed E-state index contributed by atoms with van der Waals surface area (Å²) in [6.07, 6.45) is 20.7. The molecule has 0 saturated heterocycles. The number of hydrogen-bond acceptors (Lipinski definition) is 34. The molecule has 0 spiro atoms. The van der Waals surface area contributed by atoms with Crippen LogP contribution < -0.4 is 74.5 Å². The molecule has 46 heteroatoms. The van der Waals surface area contributed by atoms with E-state index in [1.165, 1.54) is 0 Å². The first-order valence-electron chi connectivity index (χ1n) is 32.8. The van der Waals surface area contributed by atoms with E-state index in [4.69, 9.17) is 74.5 Å². The van der Waals surface area contributed by atoms with E-state index < -0.39 is 41.0 Å². The SMILES string of the molecule is Cn1c(-c2ncccn2)nc2ccccc21.Cn1c(-c2ncccn2)nc2ccccc21.Cn1c(-c2ncccn2)nc2ccccc21.Cn1c(-c2ncccn2)nc2ccccc21.Cn1c(-c2ncccn2)nc2ccccc21.Cn1c(-c2ncccn2)nc2ccccc21.[Fe+2].[Fe+2].[O-][Cl+3]([O-])([O-])[O-].[O-][Cl+3]([O-])([O-])[O-].[O-][Cl+3]([O-])([O-])[O-].[O-][Cl+3]([O-])([O-])[O-].